The third kappa shape index (κ3) is 2.30. The van der Waals surface area contributed by atoms with Crippen LogP contribution in [0.5, 0.6) is 0 Å². The van der Waals surface area contributed by atoms with Gasteiger partial charge in [-0.25, -0.2) is 9.97 Å². The van der Waals surface area contributed by atoms with Crippen LogP contribution < -0.4 is 11.1 Å². The molecule has 0 unspecified atom stereocenters. The lowest BCUT2D eigenvalue weighted by Gasteiger charge is -2.11. The number of aromatic nitrogens is 3. The van der Waals surface area contributed by atoms with E-state index in [0.717, 1.165) is 12.1 Å². The molecule has 3 aromatic rings. The summed E-state index contributed by atoms with van der Waals surface area (Å²) in [5, 5.41) is 3.33. The van der Waals surface area contributed by atoms with E-state index in [1.165, 1.54) is 11.1 Å². The van der Waals surface area contributed by atoms with Crippen molar-refractivity contribution in [2.75, 3.05) is 11.1 Å². The lowest BCUT2D eigenvalue weighted by Crippen LogP contribution is -2.07. The number of nitrogens with one attached hydrogen (secondary N) is 1. The molecule has 0 aliphatic rings. The van der Waals surface area contributed by atoms with E-state index in [9.17, 15) is 0 Å². The van der Waals surface area contributed by atoms with E-state index in [1.54, 1.807) is 12.4 Å². The predicted octanol–water partition coefficient (Wildman–Crippen LogP) is 2.49. The highest BCUT2D eigenvalue weighted by atomic mass is 15.1. The van der Waals surface area contributed by atoms with Gasteiger partial charge >= 0.3 is 0 Å². The summed E-state index contributed by atoms with van der Waals surface area (Å²) < 4.78 is 1.87. The molecule has 0 atom stereocenters. The molecular formula is C15H17N5. The van der Waals surface area contributed by atoms with Crippen LogP contribution in [0.15, 0.2) is 42.9 Å². The summed E-state index contributed by atoms with van der Waals surface area (Å²) in [6.07, 6.45) is 6.37. The molecule has 0 spiro atoms. The van der Waals surface area contributed by atoms with Crippen molar-refractivity contribution in [3.05, 3.63) is 54.0 Å². The first-order valence-corrected chi connectivity index (χ1v) is 6.67. The van der Waals surface area contributed by atoms with Crippen LogP contribution in [0.1, 0.15) is 18.1 Å². The van der Waals surface area contributed by atoms with Crippen LogP contribution in [0.2, 0.25) is 0 Å². The summed E-state index contributed by atoms with van der Waals surface area (Å²) in [6, 6.07) is 8.39. The first-order valence-electron chi connectivity index (χ1n) is 6.67. The maximum Gasteiger partial charge on any atom is 0.180 e. The lowest BCUT2D eigenvalue weighted by atomic mass is 10.1. The maximum atomic E-state index is 5.81. The van der Waals surface area contributed by atoms with Crippen LogP contribution in [0.25, 0.3) is 5.65 Å². The third-order valence-corrected chi connectivity index (χ3v) is 3.34. The van der Waals surface area contributed by atoms with Crippen molar-refractivity contribution in [2.24, 2.45) is 0 Å². The zero-order valence-electron chi connectivity index (χ0n) is 11.4. The molecule has 0 aliphatic heterocycles. The zero-order valence-corrected chi connectivity index (χ0v) is 11.4. The number of benzene rings is 1. The van der Waals surface area contributed by atoms with Crippen molar-refractivity contribution in [1.82, 2.24) is 14.4 Å². The topological polar surface area (TPSA) is 68.2 Å². The molecule has 5 heteroatoms. The van der Waals surface area contributed by atoms with Gasteiger partial charge in [0.05, 0.1) is 6.20 Å². The largest absolute Gasteiger partial charge is 0.382 e. The fourth-order valence-corrected chi connectivity index (χ4v) is 2.32. The highest BCUT2D eigenvalue weighted by Gasteiger charge is 2.07. The summed E-state index contributed by atoms with van der Waals surface area (Å²) in [6.45, 7) is 2.87. The minimum Gasteiger partial charge on any atom is -0.382 e. The summed E-state index contributed by atoms with van der Waals surface area (Å²) in [4.78, 5) is 8.62. The average molecular weight is 267 g/mol. The molecular weight excluding hydrogens is 250 g/mol. The second-order valence-electron chi connectivity index (χ2n) is 4.65. The SMILES string of the molecule is CCc1ccccc1CNc1nc(N)cn2ccnc12. The van der Waals surface area contributed by atoms with Crippen LogP contribution in [0, 0.1) is 0 Å². The first kappa shape index (κ1) is 12.5. The summed E-state index contributed by atoms with van der Waals surface area (Å²) >= 11 is 0. The van der Waals surface area contributed by atoms with Gasteiger partial charge in [0.2, 0.25) is 0 Å². The maximum absolute atomic E-state index is 5.81. The van der Waals surface area contributed by atoms with Crippen LogP contribution in [0.4, 0.5) is 11.6 Å². The van der Waals surface area contributed by atoms with E-state index < -0.39 is 0 Å². The molecule has 3 rings (SSSR count). The number of aryl methyl sites for hydroxylation is 1. The number of imidazole rings is 1. The number of anilines is 2. The molecule has 2 heterocycles. The second kappa shape index (κ2) is 5.21. The Morgan fingerprint density at radius 3 is 2.85 bits per heavy atom. The van der Waals surface area contributed by atoms with Gasteiger partial charge in [-0.3, -0.25) is 0 Å². The molecule has 0 saturated carbocycles. The molecule has 5 nitrogen and oxygen atoms in total. The Kier molecular flexibility index (Phi) is 3.25. The van der Waals surface area contributed by atoms with Gasteiger partial charge < -0.3 is 15.5 Å². The number of nitrogens with two attached hydrogens (primary N) is 1. The van der Waals surface area contributed by atoms with E-state index in [4.69, 9.17) is 5.73 Å². The minimum absolute atomic E-state index is 0.474. The number of rotatable bonds is 4. The van der Waals surface area contributed by atoms with Gasteiger partial charge in [-0.1, -0.05) is 31.2 Å². The van der Waals surface area contributed by atoms with E-state index >= 15 is 0 Å². The molecule has 20 heavy (non-hydrogen) atoms. The fourth-order valence-electron chi connectivity index (χ4n) is 2.32. The number of nitrogens with zero attached hydrogens (tertiary/aromatic N) is 3. The molecule has 0 fully saturated rings. The van der Waals surface area contributed by atoms with E-state index in [1.807, 2.05) is 16.7 Å². The third-order valence-electron chi connectivity index (χ3n) is 3.34. The Bertz CT molecular complexity index is 732. The van der Waals surface area contributed by atoms with Crippen molar-refractivity contribution in [3.63, 3.8) is 0 Å². The zero-order chi connectivity index (χ0) is 13.9. The van der Waals surface area contributed by atoms with Gasteiger partial charge in [0, 0.05) is 18.9 Å². The summed E-state index contributed by atoms with van der Waals surface area (Å²) in [5.41, 5.74) is 9.20. The standard InChI is InChI=1S/C15H17N5/c1-2-11-5-3-4-6-12(11)9-18-14-15-17-7-8-20(15)10-13(16)19-14/h3-8,10H,2,9,16H2,1H3,(H,18,19). The molecule has 102 valence electrons. The molecule has 0 aliphatic carbocycles. The van der Waals surface area contributed by atoms with Crippen LogP contribution >= 0.6 is 0 Å². The average Bonchev–Trinajstić information content (AvgIpc) is 2.93. The summed E-state index contributed by atoms with van der Waals surface area (Å²) in [5.74, 6) is 1.18. The quantitative estimate of drug-likeness (QED) is 0.762. The minimum atomic E-state index is 0.474. The number of nitrogen functional groups attached to an aromatic ring is 1. The Balaban J connectivity index is 1.88. The van der Waals surface area contributed by atoms with Crippen molar-refractivity contribution in [1.29, 1.82) is 0 Å². The number of hydrogen-bond donors (Lipinski definition) is 2. The molecule has 1 aromatic carbocycles. The molecule has 0 bridgehead atoms. The normalized spacial score (nSPS) is 10.8. The lowest BCUT2D eigenvalue weighted by molar-refractivity contribution is 1.03. The van der Waals surface area contributed by atoms with E-state index in [0.29, 0.717) is 18.2 Å². The Morgan fingerprint density at radius 1 is 1.25 bits per heavy atom. The Hall–Kier alpha value is -2.56. The highest BCUT2D eigenvalue weighted by Crippen LogP contribution is 2.17. The van der Waals surface area contributed by atoms with Crippen molar-refractivity contribution >= 4 is 17.3 Å². The van der Waals surface area contributed by atoms with Gasteiger partial charge in [-0.15, -0.1) is 0 Å². The van der Waals surface area contributed by atoms with Crippen molar-refractivity contribution < 1.29 is 0 Å². The van der Waals surface area contributed by atoms with Crippen molar-refractivity contribution in [2.45, 2.75) is 19.9 Å². The van der Waals surface area contributed by atoms with E-state index in [-0.39, 0.29) is 0 Å². The monoisotopic (exact) mass is 267 g/mol. The second-order valence-corrected chi connectivity index (χ2v) is 4.65. The first-order chi connectivity index (χ1) is 9.78. The van der Waals surface area contributed by atoms with Crippen LogP contribution in [-0.2, 0) is 13.0 Å². The van der Waals surface area contributed by atoms with Gasteiger partial charge in [0.15, 0.2) is 11.5 Å². The number of hydrogen-bond acceptors (Lipinski definition) is 4. The van der Waals surface area contributed by atoms with Gasteiger partial charge in [-0.05, 0) is 17.5 Å². The molecule has 3 N–H and O–H groups in total. The Labute approximate surface area is 117 Å². The fraction of sp³-hybridized carbons (Fsp3) is 0.200. The van der Waals surface area contributed by atoms with Gasteiger partial charge in [0.25, 0.3) is 0 Å². The molecule has 0 amide bonds. The summed E-state index contributed by atoms with van der Waals surface area (Å²) in [7, 11) is 0. The molecule has 2 aromatic heterocycles. The van der Waals surface area contributed by atoms with Crippen LogP contribution in [0.3, 0.4) is 0 Å². The molecule has 0 saturated heterocycles. The predicted molar refractivity (Wildman–Crippen MR) is 80.5 cm³/mol. The smallest absolute Gasteiger partial charge is 0.180 e. The van der Waals surface area contributed by atoms with Crippen molar-refractivity contribution in [3.8, 4) is 0 Å². The highest BCUT2D eigenvalue weighted by molar-refractivity contribution is 5.64. The van der Waals surface area contributed by atoms with Crippen LogP contribution in [-0.4, -0.2) is 14.4 Å². The van der Waals surface area contributed by atoms with Gasteiger partial charge in [0.1, 0.15) is 5.82 Å². The van der Waals surface area contributed by atoms with Gasteiger partial charge in [-0.2, -0.15) is 0 Å². The number of fused-ring (bicyclic) bond motifs is 1. The molecule has 0 radical (unpaired) electrons. The Morgan fingerprint density at radius 2 is 2.05 bits per heavy atom. The van der Waals surface area contributed by atoms with E-state index in [2.05, 4.69) is 40.4 Å².